The van der Waals surface area contributed by atoms with E-state index in [0.717, 1.165) is 12.8 Å². The number of halogens is 1. The van der Waals surface area contributed by atoms with Crippen LogP contribution in [0.1, 0.15) is 19.8 Å². The van der Waals surface area contributed by atoms with Crippen LogP contribution >= 0.6 is 0 Å². The Morgan fingerprint density at radius 3 is 2.37 bits per heavy atom. The van der Waals surface area contributed by atoms with E-state index in [0.29, 0.717) is 43.0 Å². The number of ether oxygens (including phenoxy) is 1. The summed E-state index contributed by atoms with van der Waals surface area (Å²) in [4.78, 5) is 11.2. The van der Waals surface area contributed by atoms with Crippen LogP contribution in [0.2, 0.25) is 0 Å². The number of quaternary nitrogens is 2. The summed E-state index contributed by atoms with van der Waals surface area (Å²) in [5.74, 6) is -0.359. The maximum absolute atomic E-state index is 12.3. The van der Waals surface area contributed by atoms with Crippen molar-refractivity contribution in [1.82, 2.24) is 0 Å². The minimum Gasteiger partial charge on any atom is -1.00 e. The molecule has 0 aromatic rings. The molecule has 0 aliphatic carbocycles. The molecule has 0 atom stereocenters. The van der Waals surface area contributed by atoms with Gasteiger partial charge in [-0.3, -0.25) is 4.48 Å². The molecule has 1 rings (SSSR count). The Kier molecular flexibility index (Phi) is 7.00. The molecule has 1 fully saturated rings. The van der Waals surface area contributed by atoms with Crippen LogP contribution in [0.3, 0.4) is 0 Å². The van der Waals surface area contributed by atoms with E-state index < -0.39 is 0 Å². The second-order valence-electron chi connectivity index (χ2n) is 5.93. The molecule has 5 nitrogen and oxygen atoms in total. The number of likely N-dealkylation sites (N-methyl/N-ethyl adjacent to an activating group) is 1. The minimum atomic E-state index is -0.359. The van der Waals surface area contributed by atoms with Crippen LogP contribution in [0.4, 0.5) is 0 Å². The van der Waals surface area contributed by atoms with Gasteiger partial charge in [-0.1, -0.05) is 6.58 Å². The highest BCUT2D eigenvalue weighted by atomic mass is 35.5. The summed E-state index contributed by atoms with van der Waals surface area (Å²) in [5.41, 5.74) is 0.409. The second-order valence-corrected chi connectivity index (χ2v) is 5.93. The van der Waals surface area contributed by atoms with Crippen molar-refractivity contribution >= 4 is 5.97 Å². The van der Waals surface area contributed by atoms with Gasteiger partial charge in [0.15, 0.2) is 0 Å². The fourth-order valence-electron chi connectivity index (χ4n) is 2.33. The topological polar surface area (TPSA) is 49.4 Å². The SMILES string of the molecule is C=C(C)C(=O)OCC[N+](C)(C)C[N+]1([O-])CCCC1.[Cl-]. The van der Waals surface area contributed by atoms with Gasteiger partial charge in [0.1, 0.15) is 13.2 Å². The molecule has 6 heteroatoms. The van der Waals surface area contributed by atoms with Gasteiger partial charge in [0.2, 0.25) is 6.67 Å². The molecule has 1 heterocycles. The van der Waals surface area contributed by atoms with Gasteiger partial charge in [0.25, 0.3) is 0 Å². The van der Waals surface area contributed by atoms with E-state index in [9.17, 15) is 10.0 Å². The summed E-state index contributed by atoms with van der Waals surface area (Å²) in [6.07, 6.45) is 2.04. The Hall–Kier alpha value is -0.620. The summed E-state index contributed by atoms with van der Waals surface area (Å²) in [6, 6.07) is 0. The normalized spacial score (nSPS) is 17.7. The summed E-state index contributed by atoms with van der Waals surface area (Å²) < 4.78 is 5.54. The van der Waals surface area contributed by atoms with E-state index in [1.54, 1.807) is 6.92 Å². The first-order chi connectivity index (χ1) is 8.24. The molecule has 0 spiro atoms. The number of esters is 1. The number of carbonyl (C=O) groups excluding carboxylic acids is 1. The van der Waals surface area contributed by atoms with E-state index in [2.05, 4.69) is 6.58 Å². The van der Waals surface area contributed by atoms with Crippen molar-refractivity contribution < 1.29 is 31.1 Å². The minimum absolute atomic E-state index is 0. The lowest BCUT2D eigenvalue weighted by atomic mass is 10.4. The maximum Gasteiger partial charge on any atom is 0.333 e. The lowest BCUT2D eigenvalue weighted by Crippen LogP contribution is -3.00. The third-order valence-electron chi connectivity index (χ3n) is 3.30. The van der Waals surface area contributed by atoms with Crippen LogP contribution in [-0.2, 0) is 9.53 Å². The first kappa shape index (κ1) is 18.4. The first-order valence-electron chi connectivity index (χ1n) is 6.46. The average Bonchev–Trinajstić information content (AvgIpc) is 2.62. The van der Waals surface area contributed by atoms with Crippen molar-refractivity contribution in [3.05, 3.63) is 17.4 Å². The van der Waals surface area contributed by atoms with Crippen molar-refractivity contribution in [2.75, 3.05) is 47.0 Å². The molecule has 0 aromatic carbocycles. The molecule has 112 valence electrons. The van der Waals surface area contributed by atoms with Gasteiger partial charge in [-0.15, -0.1) is 0 Å². The highest BCUT2D eigenvalue weighted by molar-refractivity contribution is 5.86. The zero-order valence-electron chi connectivity index (χ0n) is 12.2. The molecular formula is C13H25ClN2O3. The van der Waals surface area contributed by atoms with Crippen molar-refractivity contribution in [3.63, 3.8) is 0 Å². The lowest BCUT2D eigenvalue weighted by Gasteiger charge is -2.43. The zero-order valence-corrected chi connectivity index (χ0v) is 12.9. The standard InChI is InChI=1S/C13H25N2O3.ClH/c1-12(2)13(16)18-10-9-14(3,4)11-15(17)7-5-6-8-15;/h1,5-11H2,2-4H3;1H/q+1;/p-1. The Bertz CT molecular complexity index is 326. The molecule has 0 saturated carbocycles. The number of hydroxylamine groups is 3. The average molecular weight is 293 g/mol. The van der Waals surface area contributed by atoms with Crippen molar-refractivity contribution in [3.8, 4) is 0 Å². The number of hydrogen-bond donors (Lipinski definition) is 0. The van der Waals surface area contributed by atoms with Crippen molar-refractivity contribution in [1.29, 1.82) is 0 Å². The molecule has 0 amide bonds. The first-order valence-corrected chi connectivity index (χ1v) is 6.46. The third kappa shape index (κ3) is 6.38. The predicted molar refractivity (Wildman–Crippen MR) is 70.2 cm³/mol. The van der Waals surface area contributed by atoms with Crippen LogP contribution in [-0.4, -0.2) is 62.1 Å². The van der Waals surface area contributed by atoms with Crippen LogP contribution < -0.4 is 12.4 Å². The molecule has 1 aliphatic heterocycles. The van der Waals surface area contributed by atoms with Gasteiger partial charge < -0.3 is 27.0 Å². The van der Waals surface area contributed by atoms with E-state index in [-0.39, 0.29) is 23.0 Å². The van der Waals surface area contributed by atoms with Gasteiger partial charge in [-0.25, -0.2) is 4.79 Å². The molecule has 19 heavy (non-hydrogen) atoms. The summed E-state index contributed by atoms with van der Waals surface area (Å²) in [7, 11) is 4.01. The fourth-order valence-corrected chi connectivity index (χ4v) is 2.33. The lowest BCUT2D eigenvalue weighted by molar-refractivity contribution is -1.06. The van der Waals surface area contributed by atoms with E-state index in [4.69, 9.17) is 4.74 Å². The quantitative estimate of drug-likeness (QED) is 0.253. The van der Waals surface area contributed by atoms with Crippen LogP contribution in [0, 0.1) is 5.21 Å². The van der Waals surface area contributed by atoms with E-state index >= 15 is 0 Å². The van der Waals surface area contributed by atoms with Crippen molar-refractivity contribution in [2.24, 2.45) is 0 Å². The Morgan fingerprint density at radius 2 is 1.89 bits per heavy atom. The number of rotatable bonds is 6. The van der Waals surface area contributed by atoms with Gasteiger partial charge in [-0.05, 0) is 6.92 Å². The number of carbonyl (C=O) groups is 1. The molecule has 0 unspecified atom stereocenters. The van der Waals surface area contributed by atoms with Gasteiger partial charge in [0, 0.05) is 18.4 Å². The maximum atomic E-state index is 12.3. The summed E-state index contributed by atoms with van der Waals surface area (Å²) in [5, 5.41) is 12.3. The molecule has 0 radical (unpaired) electrons. The van der Waals surface area contributed by atoms with Crippen LogP contribution in [0.25, 0.3) is 0 Å². The van der Waals surface area contributed by atoms with Crippen molar-refractivity contribution in [2.45, 2.75) is 19.8 Å². The van der Waals surface area contributed by atoms with Gasteiger partial charge >= 0.3 is 5.97 Å². The molecule has 1 aliphatic rings. The van der Waals surface area contributed by atoms with Crippen LogP contribution in [0.5, 0.6) is 0 Å². The monoisotopic (exact) mass is 292 g/mol. The van der Waals surface area contributed by atoms with Gasteiger partial charge in [-0.2, -0.15) is 0 Å². The zero-order chi connectivity index (χ0) is 13.8. The third-order valence-corrected chi connectivity index (χ3v) is 3.30. The predicted octanol–water partition coefficient (Wildman–Crippen LogP) is -1.75. The second kappa shape index (κ2) is 7.24. The molecular weight excluding hydrogens is 268 g/mol. The van der Waals surface area contributed by atoms with E-state index in [1.807, 2.05) is 14.1 Å². The molecule has 0 aromatic heterocycles. The smallest absolute Gasteiger partial charge is 0.333 e. The Morgan fingerprint density at radius 1 is 1.37 bits per heavy atom. The molecule has 1 saturated heterocycles. The van der Waals surface area contributed by atoms with Crippen LogP contribution in [0.15, 0.2) is 12.2 Å². The summed E-state index contributed by atoms with van der Waals surface area (Å²) in [6.45, 7) is 8.12. The Labute approximate surface area is 122 Å². The fraction of sp³-hybridized carbons (Fsp3) is 0.769. The Balaban J connectivity index is 0.00000324. The largest absolute Gasteiger partial charge is 1.00 e. The molecule has 0 N–H and O–H groups in total. The highest BCUT2D eigenvalue weighted by Gasteiger charge is 2.31. The number of likely N-dealkylation sites (tertiary alicyclic amines) is 1. The number of hydrogen-bond acceptors (Lipinski definition) is 3. The number of nitrogens with zero attached hydrogens (tertiary/aromatic N) is 2. The van der Waals surface area contributed by atoms with Gasteiger partial charge in [0.05, 0.1) is 27.2 Å². The molecule has 0 bridgehead atoms. The van der Waals surface area contributed by atoms with E-state index in [1.165, 1.54) is 0 Å². The highest BCUT2D eigenvalue weighted by Crippen LogP contribution is 2.19. The summed E-state index contributed by atoms with van der Waals surface area (Å²) >= 11 is 0.